The van der Waals surface area contributed by atoms with Crippen LogP contribution in [0.1, 0.15) is 51.3 Å². The minimum atomic E-state index is -5.22. The first-order valence-corrected chi connectivity index (χ1v) is 15.9. The fourth-order valence-corrected chi connectivity index (χ4v) is 9.45. The van der Waals surface area contributed by atoms with Crippen LogP contribution in [0.2, 0.25) is 0 Å². The number of nitrogens with zero attached hydrogens (tertiary/aromatic N) is 2. The summed E-state index contributed by atoms with van der Waals surface area (Å²) in [5, 5.41) is 0. The normalized spacial score (nSPS) is 14.7. The Morgan fingerprint density at radius 1 is 0.676 bits per heavy atom. The van der Waals surface area contributed by atoms with Gasteiger partial charge in [-0.3, -0.25) is 18.7 Å². The van der Waals surface area contributed by atoms with Crippen LogP contribution in [0, 0.1) is 6.92 Å². The highest BCUT2D eigenvalue weighted by Crippen LogP contribution is 2.35. The molecule has 0 atom stereocenters. The SMILES string of the molecule is CCN(S(=O)(=O)O)S(=O)(=O)c1ccc2c(c1)C(=O)c1c(ccc(S(=O)(=O)N(CC)S(=O)(=O)O)c1C)C2=O. The van der Waals surface area contributed by atoms with Gasteiger partial charge in [-0.2, -0.15) is 16.8 Å². The number of carbonyl (C=O) groups excluding carboxylic acids is 2. The van der Waals surface area contributed by atoms with Crippen LogP contribution >= 0.6 is 0 Å². The van der Waals surface area contributed by atoms with Crippen molar-refractivity contribution in [1.82, 2.24) is 7.42 Å². The highest BCUT2D eigenvalue weighted by molar-refractivity contribution is 8.02. The van der Waals surface area contributed by atoms with Gasteiger partial charge in [-0.05, 0) is 42.8 Å². The zero-order valence-corrected chi connectivity index (χ0v) is 22.6. The number of fused-ring (bicyclic) bond motifs is 2. The predicted octanol–water partition coefficient (Wildman–Crippen LogP) is 0.397. The number of hydrogen-bond donors (Lipinski definition) is 2. The van der Waals surface area contributed by atoms with Gasteiger partial charge in [0.25, 0.3) is 20.0 Å². The maximum atomic E-state index is 13.4. The van der Waals surface area contributed by atoms with Crippen LogP contribution in [0.25, 0.3) is 0 Å². The number of benzene rings is 2. The van der Waals surface area contributed by atoms with Crippen molar-refractivity contribution in [2.45, 2.75) is 30.6 Å². The minimum absolute atomic E-state index is 0.211. The highest BCUT2D eigenvalue weighted by Gasteiger charge is 2.39. The minimum Gasteiger partial charge on any atom is -0.289 e. The van der Waals surface area contributed by atoms with Crippen molar-refractivity contribution in [2.75, 3.05) is 13.1 Å². The Labute approximate surface area is 213 Å². The molecular formula is C19H20N2O12S4. The summed E-state index contributed by atoms with van der Waals surface area (Å²) >= 11 is 0. The summed E-state index contributed by atoms with van der Waals surface area (Å²) in [6.45, 7) is 2.02. The van der Waals surface area contributed by atoms with Crippen molar-refractivity contribution in [3.05, 3.63) is 58.1 Å². The van der Waals surface area contributed by atoms with Gasteiger partial charge in [0.2, 0.25) is 0 Å². The summed E-state index contributed by atoms with van der Waals surface area (Å²) in [4.78, 5) is 25.0. The summed E-state index contributed by atoms with van der Waals surface area (Å²) in [7, 11) is -20.3. The first-order chi connectivity index (χ1) is 16.8. The number of sulfonamides is 2. The Morgan fingerprint density at radius 3 is 1.65 bits per heavy atom. The smallest absolute Gasteiger partial charge is 0.289 e. The molecule has 2 N–H and O–H groups in total. The first kappa shape index (κ1) is 29.0. The molecular weight excluding hydrogens is 576 g/mol. The van der Waals surface area contributed by atoms with Crippen LogP contribution in [0.5, 0.6) is 0 Å². The van der Waals surface area contributed by atoms with E-state index in [1.54, 1.807) is 0 Å². The highest BCUT2D eigenvalue weighted by atomic mass is 32.3. The molecule has 0 heterocycles. The summed E-state index contributed by atoms with van der Waals surface area (Å²) < 4.78 is 116. The lowest BCUT2D eigenvalue weighted by molar-refractivity contribution is 0.0978. The lowest BCUT2D eigenvalue weighted by Crippen LogP contribution is -2.37. The van der Waals surface area contributed by atoms with Gasteiger partial charge in [-0.25, -0.2) is 16.8 Å². The average Bonchev–Trinajstić information content (AvgIpc) is 2.75. The molecule has 0 aromatic heterocycles. The second kappa shape index (κ2) is 9.31. The van der Waals surface area contributed by atoms with Crippen LogP contribution < -0.4 is 0 Å². The zero-order chi connectivity index (χ0) is 28.3. The second-order valence-corrected chi connectivity index (χ2v) is 14.4. The number of ketones is 2. The van der Waals surface area contributed by atoms with E-state index < -0.39 is 86.2 Å². The molecule has 0 saturated carbocycles. The second-order valence-electron chi connectivity index (χ2n) is 7.62. The molecule has 0 bridgehead atoms. The van der Waals surface area contributed by atoms with Gasteiger partial charge < -0.3 is 0 Å². The van der Waals surface area contributed by atoms with Crippen molar-refractivity contribution in [2.24, 2.45) is 0 Å². The summed E-state index contributed by atoms with van der Waals surface area (Å²) in [6, 6.07) is 4.45. The van der Waals surface area contributed by atoms with Crippen molar-refractivity contribution < 1.29 is 52.4 Å². The molecule has 37 heavy (non-hydrogen) atoms. The third-order valence-electron chi connectivity index (χ3n) is 5.51. The maximum absolute atomic E-state index is 13.4. The number of hydrogen-bond acceptors (Lipinski definition) is 10. The molecule has 0 spiro atoms. The topological polar surface area (TPSA) is 218 Å². The molecule has 3 rings (SSSR count). The van der Waals surface area contributed by atoms with Gasteiger partial charge in [0, 0.05) is 35.3 Å². The van der Waals surface area contributed by atoms with E-state index in [1.165, 1.54) is 0 Å². The summed E-state index contributed by atoms with van der Waals surface area (Å²) in [5.74, 6) is -1.79. The van der Waals surface area contributed by atoms with Crippen LogP contribution in [0.15, 0.2) is 40.1 Å². The molecule has 0 radical (unpaired) electrons. The lowest BCUT2D eigenvalue weighted by Gasteiger charge is -2.24. The molecule has 18 heteroatoms. The van der Waals surface area contributed by atoms with Crippen molar-refractivity contribution >= 4 is 52.2 Å². The average molecular weight is 597 g/mol. The zero-order valence-electron chi connectivity index (χ0n) is 19.3. The van der Waals surface area contributed by atoms with E-state index in [2.05, 4.69) is 0 Å². The Balaban J connectivity index is 2.26. The quantitative estimate of drug-likeness (QED) is 0.338. The van der Waals surface area contributed by atoms with Gasteiger partial charge >= 0.3 is 20.6 Å². The molecule has 0 unspecified atom stereocenters. The van der Waals surface area contributed by atoms with Gasteiger partial charge in [0.05, 0.1) is 9.79 Å². The van der Waals surface area contributed by atoms with Crippen LogP contribution in [0.4, 0.5) is 0 Å². The number of carbonyl (C=O) groups is 2. The molecule has 0 amide bonds. The molecule has 2 aromatic carbocycles. The van der Waals surface area contributed by atoms with E-state index >= 15 is 0 Å². The molecule has 0 aliphatic heterocycles. The summed E-state index contributed by atoms with van der Waals surface area (Å²) in [6.07, 6.45) is 0. The van der Waals surface area contributed by atoms with E-state index in [1.807, 2.05) is 0 Å². The Hall–Kier alpha value is -2.58. The van der Waals surface area contributed by atoms with E-state index in [0.29, 0.717) is 0 Å². The van der Waals surface area contributed by atoms with E-state index in [4.69, 9.17) is 0 Å². The van der Waals surface area contributed by atoms with E-state index in [-0.39, 0.29) is 24.1 Å². The van der Waals surface area contributed by atoms with E-state index in [9.17, 15) is 52.4 Å². The molecule has 2 aromatic rings. The molecule has 202 valence electrons. The van der Waals surface area contributed by atoms with Crippen LogP contribution in [0.3, 0.4) is 0 Å². The summed E-state index contributed by atoms with van der Waals surface area (Å²) in [5.41, 5.74) is -1.79. The third kappa shape index (κ3) is 4.74. The largest absolute Gasteiger partial charge is 0.349 e. The first-order valence-electron chi connectivity index (χ1n) is 10.2. The van der Waals surface area contributed by atoms with Crippen LogP contribution in [-0.2, 0) is 40.7 Å². The monoisotopic (exact) mass is 596 g/mol. The standard InChI is InChI=1S/C19H20N2O12S4/c1-4-20(36(28,29)30)34(24,25)12-6-7-13-15(10-12)19(23)17-11(3)16(9-8-14(17)18(13)22)35(26,27)21(5-2)37(31,32)33/h6-10H,4-5H2,1-3H3,(H,28,29,30)(H,31,32,33). The van der Waals surface area contributed by atoms with Crippen molar-refractivity contribution in [3.8, 4) is 0 Å². The van der Waals surface area contributed by atoms with Crippen LogP contribution in [-0.4, -0.2) is 74.9 Å². The fraction of sp³-hybridized carbons (Fsp3) is 0.263. The fourth-order valence-electron chi connectivity index (χ4n) is 3.94. The number of rotatable bonds is 8. The van der Waals surface area contributed by atoms with Crippen molar-refractivity contribution in [1.29, 1.82) is 0 Å². The Kier molecular flexibility index (Phi) is 7.29. The lowest BCUT2D eigenvalue weighted by atomic mass is 9.82. The Morgan fingerprint density at radius 2 is 1.16 bits per heavy atom. The molecule has 14 nitrogen and oxygen atoms in total. The molecule has 1 aliphatic rings. The molecule has 0 fully saturated rings. The predicted molar refractivity (Wildman–Crippen MR) is 127 cm³/mol. The maximum Gasteiger partial charge on any atom is 0.349 e. The van der Waals surface area contributed by atoms with Gasteiger partial charge in [-0.15, -0.1) is 0 Å². The molecule has 1 aliphatic carbocycles. The van der Waals surface area contributed by atoms with Gasteiger partial charge in [0.15, 0.2) is 11.6 Å². The van der Waals surface area contributed by atoms with Gasteiger partial charge in [0.1, 0.15) is 0 Å². The van der Waals surface area contributed by atoms with Gasteiger partial charge in [-0.1, -0.05) is 21.3 Å². The molecule has 0 saturated heterocycles. The third-order valence-corrected chi connectivity index (χ3v) is 12.8. The van der Waals surface area contributed by atoms with E-state index in [0.717, 1.165) is 51.1 Å². The van der Waals surface area contributed by atoms with Crippen molar-refractivity contribution in [3.63, 3.8) is 0 Å². The Bertz CT molecular complexity index is 1780.